The van der Waals surface area contributed by atoms with Gasteiger partial charge in [0.25, 0.3) is 0 Å². The van der Waals surface area contributed by atoms with Gasteiger partial charge in [-0.1, -0.05) is 0 Å². The highest BCUT2D eigenvalue weighted by molar-refractivity contribution is 7.17. The van der Waals surface area contributed by atoms with E-state index in [9.17, 15) is 0 Å². The summed E-state index contributed by atoms with van der Waals surface area (Å²) < 4.78 is 6.57. The monoisotopic (exact) mass is 178 g/mol. The van der Waals surface area contributed by atoms with Gasteiger partial charge in [-0.3, -0.25) is 0 Å². The highest BCUT2D eigenvalue weighted by atomic mass is 32.1. The average Bonchev–Trinajstić information content (AvgIpc) is 2.50. The van der Waals surface area contributed by atoms with Crippen LogP contribution in [-0.4, -0.2) is 7.11 Å². The molecular weight excluding hydrogens is 168 g/mol. The van der Waals surface area contributed by atoms with Crippen LogP contribution >= 0.6 is 11.3 Å². The molecule has 2 aromatic rings. The lowest BCUT2D eigenvalue weighted by Gasteiger charge is -2.02. The average molecular weight is 178 g/mol. The highest BCUT2D eigenvalue weighted by Crippen LogP contribution is 2.30. The van der Waals surface area contributed by atoms with Crippen LogP contribution in [0, 0.1) is 6.92 Å². The molecule has 12 heavy (non-hydrogen) atoms. The second-order valence-corrected chi connectivity index (χ2v) is 3.75. The number of rotatable bonds is 1. The second kappa shape index (κ2) is 2.79. The van der Waals surface area contributed by atoms with Gasteiger partial charge in [0.1, 0.15) is 5.75 Å². The molecule has 2 rings (SSSR count). The third-order valence-electron chi connectivity index (χ3n) is 1.90. The fourth-order valence-electron chi connectivity index (χ4n) is 1.34. The molecule has 0 amide bonds. The Morgan fingerprint density at radius 2 is 2.17 bits per heavy atom. The van der Waals surface area contributed by atoms with Crippen molar-refractivity contribution < 1.29 is 4.74 Å². The van der Waals surface area contributed by atoms with Gasteiger partial charge in [0.15, 0.2) is 0 Å². The molecule has 1 aromatic carbocycles. The molecule has 0 spiro atoms. The molecule has 0 N–H and O–H groups in total. The normalized spacial score (nSPS) is 10.5. The smallest absolute Gasteiger partial charge is 0.127 e. The van der Waals surface area contributed by atoms with Crippen molar-refractivity contribution in [2.45, 2.75) is 6.92 Å². The van der Waals surface area contributed by atoms with Crippen LogP contribution in [0.1, 0.15) is 5.56 Å². The van der Waals surface area contributed by atoms with Gasteiger partial charge in [-0.05, 0) is 36.1 Å². The highest BCUT2D eigenvalue weighted by Gasteiger charge is 2.02. The van der Waals surface area contributed by atoms with E-state index in [-0.39, 0.29) is 0 Å². The quantitative estimate of drug-likeness (QED) is 0.651. The lowest BCUT2D eigenvalue weighted by Crippen LogP contribution is -1.83. The molecule has 0 atom stereocenters. The summed E-state index contributed by atoms with van der Waals surface area (Å²) in [7, 11) is 1.71. The molecule has 0 saturated carbocycles. The van der Waals surface area contributed by atoms with Crippen LogP contribution in [0.4, 0.5) is 0 Å². The van der Waals surface area contributed by atoms with Crippen LogP contribution in [0.25, 0.3) is 10.1 Å². The maximum Gasteiger partial charge on any atom is 0.127 e. The van der Waals surface area contributed by atoms with Crippen LogP contribution in [0.2, 0.25) is 0 Å². The molecule has 0 radical (unpaired) electrons. The third kappa shape index (κ3) is 1.08. The Balaban J connectivity index is 2.80. The van der Waals surface area contributed by atoms with Crippen molar-refractivity contribution in [2.24, 2.45) is 0 Å². The minimum absolute atomic E-state index is 0.978. The summed E-state index contributed by atoms with van der Waals surface area (Å²) in [4.78, 5) is 0. The first kappa shape index (κ1) is 7.62. The van der Waals surface area contributed by atoms with Crippen LogP contribution in [0.15, 0.2) is 23.6 Å². The van der Waals surface area contributed by atoms with Gasteiger partial charge in [0.2, 0.25) is 0 Å². The fourth-order valence-corrected chi connectivity index (χ4v) is 2.24. The van der Waals surface area contributed by atoms with Crippen molar-refractivity contribution in [2.75, 3.05) is 7.11 Å². The summed E-state index contributed by atoms with van der Waals surface area (Å²) in [6.07, 6.45) is 0. The number of hydrogen-bond donors (Lipinski definition) is 0. The topological polar surface area (TPSA) is 9.23 Å². The van der Waals surface area contributed by atoms with E-state index in [0.29, 0.717) is 0 Å². The van der Waals surface area contributed by atoms with Gasteiger partial charge in [-0.15, -0.1) is 11.3 Å². The van der Waals surface area contributed by atoms with Crippen LogP contribution in [-0.2, 0) is 0 Å². The van der Waals surface area contributed by atoms with Crippen LogP contribution < -0.4 is 4.74 Å². The summed E-state index contributed by atoms with van der Waals surface area (Å²) in [6.45, 7) is 2.08. The van der Waals surface area contributed by atoms with Crippen molar-refractivity contribution in [3.63, 3.8) is 0 Å². The standard InChI is InChI=1S/C10H10OS/c1-7-5-9(11-2)8-3-4-12-10(8)6-7/h3-6H,1-2H3. The Morgan fingerprint density at radius 3 is 2.92 bits per heavy atom. The number of thiophene rings is 1. The van der Waals surface area contributed by atoms with E-state index < -0.39 is 0 Å². The van der Waals surface area contributed by atoms with Gasteiger partial charge in [-0.25, -0.2) is 0 Å². The summed E-state index contributed by atoms with van der Waals surface area (Å²) in [5.74, 6) is 0.978. The molecule has 0 saturated heterocycles. The van der Waals surface area contributed by atoms with Crippen LogP contribution in [0.3, 0.4) is 0 Å². The number of aryl methyl sites for hydroxylation is 1. The zero-order chi connectivity index (χ0) is 8.55. The number of benzene rings is 1. The molecule has 0 bridgehead atoms. The van der Waals surface area contributed by atoms with E-state index >= 15 is 0 Å². The van der Waals surface area contributed by atoms with Crippen molar-refractivity contribution in [3.8, 4) is 5.75 Å². The number of fused-ring (bicyclic) bond motifs is 1. The van der Waals surface area contributed by atoms with E-state index in [0.717, 1.165) is 5.75 Å². The molecule has 1 nitrogen and oxygen atoms in total. The molecule has 0 fully saturated rings. The molecule has 0 aliphatic heterocycles. The SMILES string of the molecule is COc1cc(C)cc2sccc12. The number of ether oxygens (including phenoxy) is 1. The predicted molar refractivity (Wildman–Crippen MR) is 53.1 cm³/mol. The Hall–Kier alpha value is -1.02. The van der Waals surface area contributed by atoms with Gasteiger partial charge in [0.05, 0.1) is 7.11 Å². The van der Waals surface area contributed by atoms with Crippen molar-refractivity contribution >= 4 is 21.4 Å². The summed E-state index contributed by atoms with van der Waals surface area (Å²) in [5.41, 5.74) is 1.25. The lowest BCUT2D eigenvalue weighted by molar-refractivity contribution is 0.419. The molecule has 62 valence electrons. The van der Waals surface area contributed by atoms with Crippen molar-refractivity contribution in [3.05, 3.63) is 29.1 Å². The van der Waals surface area contributed by atoms with Gasteiger partial charge in [0, 0.05) is 10.1 Å². The molecule has 0 unspecified atom stereocenters. The lowest BCUT2D eigenvalue weighted by atomic mass is 10.2. The first-order valence-corrected chi connectivity index (χ1v) is 4.71. The van der Waals surface area contributed by atoms with Crippen molar-refractivity contribution in [1.82, 2.24) is 0 Å². The van der Waals surface area contributed by atoms with Gasteiger partial charge >= 0.3 is 0 Å². The zero-order valence-corrected chi connectivity index (χ0v) is 7.94. The summed E-state index contributed by atoms with van der Waals surface area (Å²) in [5, 5.41) is 3.31. The largest absolute Gasteiger partial charge is 0.496 e. The van der Waals surface area contributed by atoms with E-state index in [2.05, 4.69) is 30.5 Å². The second-order valence-electron chi connectivity index (χ2n) is 2.80. The summed E-state index contributed by atoms with van der Waals surface area (Å²) in [6, 6.07) is 6.34. The number of hydrogen-bond acceptors (Lipinski definition) is 2. The zero-order valence-electron chi connectivity index (χ0n) is 7.13. The minimum Gasteiger partial charge on any atom is -0.496 e. The Kier molecular flexibility index (Phi) is 1.77. The van der Waals surface area contributed by atoms with E-state index in [4.69, 9.17) is 4.74 Å². The molecule has 0 aliphatic rings. The van der Waals surface area contributed by atoms with E-state index in [1.807, 2.05) is 0 Å². The predicted octanol–water partition coefficient (Wildman–Crippen LogP) is 3.22. The maximum absolute atomic E-state index is 5.27. The molecule has 1 heterocycles. The molecule has 1 aromatic heterocycles. The minimum atomic E-state index is 0.978. The molecule has 2 heteroatoms. The summed E-state index contributed by atoms with van der Waals surface area (Å²) >= 11 is 1.75. The van der Waals surface area contributed by atoms with E-state index in [1.54, 1.807) is 18.4 Å². The molecular formula is C10H10OS. The van der Waals surface area contributed by atoms with Crippen LogP contribution in [0.5, 0.6) is 5.75 Å². The van der Waals surface area contributed by atoms with E-state index in [1.165, 1.54) is 15.6 Å². The van der Waals surface area contributed by atoms with Gasteiger partial charge < -0.3 is 4.74 Å². The van der Waals surface area contributed by atoms with Gasteiger partial charge in [-0.2, -0.15) is 0 Å². The first-order valence-electron chi connectivity index (χ1n) is 3.83. The number of methoxy groups -OCH3 is 1. The Bertz CT molecular complexity index is 403. The molecule has 0 aliphatic carbocycles. The maximum atomic E-state index is 5.27. The Labute approximate surface area is 75.6 Å². The Morgan fingerprint density at radius 1 is 1.33 bits per heavy atom. The fraction of sp³-hybridized carbons (Fsp3) is 0.200. The third-order valence-corrected chi connectivity index (χ3v) is 2.76. The van der Waals surface area contributed by atoms with Crippen molar-refractivity contribution in [1.29, 1.82) is 0 Å². The first-order chi connectivity index (χ1) is 5.81.